The number of nitrogens with zero attached hydrogens (tertiary/aromatic N) is 1. The van der Waals surface area contributed by atoms with Gasteiger partial charge in [-0.3, -0.25) is 4.79 Å². The quantitative estimate of drug-likeness (QED) is 0.344. The van der Waals surface area contributed by atoms with Gasteiger partial charge in [-0.1, -0.05) is 29.7 Å². The van der Waals surface area contributed by atoms with Crippen molar-refractivity contribution in [2.45, 2.75) is 27.2 Å². The highest BCUT2D eigenvalue weighted by atomic mass is 35.5. The molecule has 1 unspecified atom stereocenters. The van der Waals surface area contributed by atoms with Crippen LogP contribution in [0.25, 0.3) is 0 Å². The Kier molecular flexibility index (Phi) is 4.78. The van der Waals surface area contributed by atoms with E-state index < -0.39 is 5.41 Å². The topological polar surface area (TPSA) is 87.7 Å². The molecule has 0 bridgehead atoms. The van der Waals surface area contributed by atoms with Gasteiger partial charge in [0, 0.05) is 10.7 Å². The van der Waals surface area contributed by atoms with Crippen LogP contribution < -0.4 is 11.1 Å². The Balaban J connectivity index is 3.04. The smallest absolute Gasteiger partial charge is 0.238 e. The van der Waals surface area contributed by atoms with E-state index >= 15 is 0 Å². The van der Waals surface area contributed by atoms with Crippen LogP contribution in [-0.4, -0.2) is 17.0 Å². The normalized spacial score (nSPS) is 14.8. The molecule has 0 aromatic heterocycles. The molecule has 0 aliphatic carbocycles. The summed E-state index contributed by atoms with van der Waals surface area (Å²) in [7, 11) is 0. The number of carbonyl (C=O) groups is 1. The predicted molar refractivity (Wildman–Crippen MR) is 76.6 cm³/mol. The third-order valence-electron chi connectivity index (χ3n) is 3.33. The van der Waals surface area contributed by atoms with Crippen LogP contribution >= 0.6 is 11.6 Å². The molecule has 0 radical (unpaired) electrons. The van der Waals surface area contributed by atoms with Crippen molar-refractivity contribution < 1.29 is 10.0 Å². The molecule has 1 amide bonds. The standard InChI is InChI=1S/C13H18ClN3O2/c1-4-13(3,11(15)17-19)12(18)16-10-7-9(14)6-5-8(10)2/h5-7,19H,4H2,1-3H3,(H2,15,17)(H,16,18). The average Bonchev–Trinajstić information content (AvgIpc) is 2.40. The van der Waals surface area contributed by atoms with E-state index in [1.165, 1.54) is 0 Å². The van der Waals surface area contributed by atoms with Crippen LogP contribution in [0.15, 0.2) is 23.4 Å². The summed E-state index contributed by atoms with van der Waals surface area (Å²) in [6, 6.07) is 5.22. The molecular formula is C13H18ClN3O2. The van der Waals surface area contributed by atoms with E-state index in [4.69, 9.17) is 22.5 Å². The Morgan fingerprint density at radius 2 is 2.21 bits per heavy atom. The highest BCUT2D eigenvalue weighted by Crippen LogP contribution is 2.26. The van der Waals surface area contributed by atoms with Crippen LogP contribution in [0.3, 0.4) is 0 Å². The lowest BCUT2D eigenvalue weighted by atomic mass is 9.85. The molecule has 104 valence electrons. The van der Waals surface area contributed by atoms with Gasteiger partial charge in [0.05, 0.1) is 0 Å². The fourth-order valence-corrected chi connectivity index (χ4v) is 1.73. The maximum atomic E-state index is 12.3. The number of nitrogens with one attached hydrogen (secondary N) is 1. The van der Waals surface area contributed by atoms with E-state index in [0.29, 0.717) is 17.1 Å². The largest absolute Gasteiger partial charge is 0.409 e. The molecule has 0 saturated heterocycles. The van der Waals surface area contributed by atoms with Gasteiger partial charge in [0.1, 0.15) is 5.41 Å². The van der Waals surface area contributed by atoms with E-state index in [0.717, 1.165) is 5.56 Å². The molecule has 1 aromatic rings. The molecule has 0 spiro atoms. The number of hydrogen-bond acceptors (Lipinski definition) is 3. The Morgan fingerprint density at radius 1 is 1.58 bits per heavy atom. The number of nitrogens with two attached hydrogens (primary N) is 1. The number of amidine groups is 1. The Hall–Kier alpha value is -1.75. The van der Waals surface area contributed by atoms with E-state index in [1.807, 2.05) is 13.0 Å². The van der Waals surface area contributed by atoms with Crippen molar-refractivity contribution in [2.75, 3.05) is 5.32 Å². The first kappa shape index (κ1) is 15.3. The van der Waals surface area contributed by atoms with Crippen molar-refractivity contribution in [1.82, 2.24) is 0 Å². The molecule has 4 N–H and O–H groups in total. The van der Waals surface area contributed by atoms with Gasteiger partial charge in [0.25, 0.3) is 0 Å². The second-order valence-corrected chi connectivity index (χ2v) is 5.02. The van der Waals surface area contributed by atoms with Crippen molar-refractivity contribution in [3.63, 3.8) is 0 Å². The van der Waals surface area contributed by atoms with Crippen LogP contribution in [0.4, 0.5) is 5.69 Å². The van der Waals surface area contributed by atoms with Gasteiger partial charge in [0.15, 0.2) is 5.84 Å². The summed E-state index contributed by atoms with van der Waals surface area (Å²) in [6.07, 6.45) is 0.411. The fraction of sp³-hybridized carbons (Fsp3) is 0.385. The van der Waals surface area contributed by atoms with Crippen molar-refractivity contribution in [3.8, 4) is 0 Å². The van der Waals surface area contributed by atoms with Crippen molar-refractivity contribution in [3.05, 3.63) is 28.8 Å². The highest BCUT2D eigenvalue weighted by molar-refractivity contribution is 6.31. The number of rotatable bonds is 4. The number of oxime groups is 1. The number of anilines is 1. The van der Waals surface area contributed by atoms with Gasteiger partial charge in [-0.2, -0.15) is 0 Å². The lowest BCUT2D eigenvalue weighted by Gasteiger charge is -2.25. The minimum atomic E-state index is -1.07. The molecule has 1 atom stereocenters. The monoisotopic (exact) mass is 283 g/mol. The Morgan fingerprint density at radius 3 is 2.74 bits per heavy atom. The molecule has 1 aromatic carbocycles. The number of aryl methyl sites for hydroxylation is 1. The van der Waals surface area contributed by atoms with Crippen molar-refractivity contribution in [1.29, 1.82) is 0 Å². The van der Waals surface area contributed by atoms with E-state index in [-0.39, 0.29) is 11.7 Å². The zero-order valence-electron chi connectivity index (χ0n) is 11.2. The van der Waals surface area contributed by atoms with E-state index in [9.17, 15) is 4.79 Å². The second kappa shape index (κ2) is 5.93. The third-order valence-corrected chi connectivity index (χ3v) is 3.56. The molecular weight excluding hydrogens is 266 g/mol. The second-order valence-electron chi connectivity index (χ2n) is 4.58. The van der Waals surface area contributed by atoms with Gasteiger partial charge in [-0.25, -0.2) is 0 Å². The molecule has 0 heterocycles. The van der Waals surface area contributed by atoms with Gasteiger partial charge >= 0.3 is 0 Å². The van der Waals surface area contributed by atoms with Gasteiger partial charge in [-0.15, -0.1) is 0 Å². The van der Waals surface area contributed by atoms with Gasteiger partial charge in [0.2, 0.25) is 5.91 Å². The number of carbonyl (C=O) groups excluding carboxylic acids is 1. The van der Waals surface area contributed by atoms with E-state index in [2.05, 4.69) is 10.5 Å². The highest BCUT2D eigenvalue weighted by Gasteiger charge is 2.36. The lowest BCUT2D eigenvalue weighted by Crippen LogP contribution is -2.44. The van der Waals surface area contributed by atoms with Crippen LogP contribution in [0.2, 0.25) is 5.02 Å². The summed E-state index contributed by atoms with van der Waals surface area (Å²) < 4.78 is 0. The summed E-state index contributed by atoms with van der Waals surface area (Å²) in [6.45, 7) is 5.28. The van der Waals surface area contributed by atoms with E-state index in [1.54, 1.807) is 26.0 Å². The van der Waals surface area contributed by atoms with Crippen LogP contribution in [0.1, 0.15) is 25.8 Å². The average molecular weight is 284 g/mol. The number of hydrogen-bond donors (Lipinski definition) is 3. The first-order chi connectivity index (χ1) is 8.85. The van der Waals surface area contributed by atoms with Gasteiger partial charge in [-0.05, 0) is 38.0 Å². The molecule has 6 heteroatoms. The number of amides is 1. The SMILES string of the molecule is CCC(C)(C(=O)Nc1cc(Cl)ccc1C)/C(N)=N/O. The van der Waals surface area contributed by atoms with Crippen LogP contribution in [0, 0.1) is 12.3 Å². The molecule has 0 aliphatic rings. The van der Waals surface area contributed by atoms with Gasteiger partial charge < -0.3 is 16.3 Å². The molecule has 1 rings (SSSR count). The first-order valence-corrected chi connectivity index (χ1v) is 6.28. The minimum absolute atomic E-state index is 0.118. The first-order valence-electron chi connectivity index (χ1n) is 5.90. The summed E-state index contributed by atoms with van der Waals surface area (Å²) in [4.78, 5) is 12.3. The third kappa shape index (κ3) is 3.17. The van der Waals surface area contributed by atoms with Crippen molar-refractivity contribution >= 4 is 29.0 Å². The zero-order chi connectivity index (χ0) is 14.6. The molecule has 5 nitrogen and oxygen atoms in total. The lowest BCUT2D eigenvalue weighted by molar-refractivity contribution is -0.121. The maximum absolute atomic E-state index is 12.3. The van der Waals surface area contributed by atoms with Crippen LogP contribution in [-0.2, 0) is 4.79 Å². The van der Waals surface area contributed by atoms with Crippen molar-refractivity contribution in [2.24, 2.45) is 16.3 Å². The minimum Gasteiger partial charge on any atom is -0.409 e. The summed E-state index contributed by atoms with van der Waals surface area (Å²) in [5.41, 5.74) is 6.03. The molecule has 0 saturated carbocycles. The summed E-state index contributed by atoms with van der Waals surface area (Å²) in [5, 5.41) is 15.0. The number of halogens is 1. The van der Waals surface area contributed by atoms with Crippen LogP contribution in [0.5, 0.6) is 0 Å². The summed E-state index contributed by atoms with van der Waals surface area (Å²) in [5.74, 6) is -0.456. The molecule has 19 heavy (non-hydrogen) atoms. The molecule has 0 fully saturated rings. The molecule has 0 aliphatic heterocycles. The Bertz CT molecular complexity index is 517. The maximum Gasteiger partial charge on any atom is 0.238 e. The predicted octanol–water partition coefficient (Wildman–Crippen LogP) is 2.75. The zero-order valence-corrected chi connectivity index (χ0v) is 12.0. The Labute approximate surface area is 117 Å². The number of benzene rings is 1. The fourth-order valence-electron chi connectivity index (χ4n) is 1.56. The summed E-state index contributed by atoms with van der Waals surface area (Å²) >= 11 is 5.90.